The number of hydrogen-bond donors (Lipinski definition) is 2. The van der Waals surface area contributed by atoms with E-state index in [1.165, 1.54) is 12.4 Å². The lowest BCUT2D eigenvalue weighted by Gasteiger charge is -2.31. The zero-order chi connectivity index (χ0) is 20.8. The molecule has 8 heteroatoms. The number of halogens is 1. The smallest absolute Gasteiger partial charge is 0.238 e. The molecule has 1 saturated heterocycles. The number of carbonyl (C=O) groups excluding carboxylic acids is 1. The van der Waals surface area contributed by atoms with E-state index in [4.69, 9.17) is 4.98 Å². The molecule has 1 aromatic carbocycles. The number of anilines is 3. The molecule has 0 aliphatic carbocycles. The molecule has 7 nitrogen and oxygen atoms in total. The third-order valence-electron chi connectivity index (χ3n) is 5.13. The quantitative estimate of drug-likeness (QED) is 0.651. The molecule has 2 N–H and O–H groups in total. The van der Waals surface area contributed by atoms with E-state index in [2.05, 4.69) is 25.5 Å². The van der Waals surface area contributed by atoms with E-state index in [0.717, 1.165) is 37.4 Å². The Kier molecular flexibility index (Phi) is 6.24. The minimum absolute atomic E-state index is 0.201. The number of amides is 1. The van der Waals surface area contributed by atoms with Crippen molar-refractivity contribution in [3.8, 4) is 0 Å². The topological polar surface area (TPSA) is 83.0 Å². The molecule has 0 radical (unpaired) electrons. The highest BCUT2D eigenvalue weighted by Gasteiger charge is 2.23. The lowest BCUT2D eigenvalue weighted by molar-refractivity contribution is -0.117. The normalized spacial score (nSPS) is 15.0. The van der Waals surface area contributed by atoms with E-state index in [-0.39, 0.29) is 18.1 Å². The summed E-state index contributed by atoms with van der Waals surface area (Å²) in [6.07, 6.45) is 5.00. The molecule has 30 heavy (non-hydrogen) atoms. The predicted molar refractivity (Wildman–Crippen MR) is 113 cm³/mol. The molecule has 3 heterocycles. The van der Waals surface area contributed by atoms with Gasteiger partial charge in [-0.1, -0.05) is 18.2 Å². The number of aromatic nitrogens is 3. The van der Waals surface area contributed by atoms with Crippen molar-refractivity contribution in [3.63, 3.8) is 0 Å². The molecule has 0 saturated carbocycles. The van der Waals surface area contributed by atoms with E-state index in [9.17, 15) is 9.18 Å². The molecule has 0 unspecified atom stereocenters. The van der Waals surface area contributed by atoms with Crippen LogP contribution < -0.4 is 10.6 Å². The van der Waals surface area contributed by atoms with Gasteiger partial charge in [0.15, 0.2) is 0 Å². The van der Waals surface area contributed by atoms with Gasteiger partial charge in [0.1, 0.15) is 23.8 Å². The zero-order valence-electron chi connectivity index (χ0n) is 16.5. The van der Waals surface area contributed by atoms with Gasteiger partial charge in [-0.2, -0.15) is 0 Å². The van der Waals surface area contributed by atoms with E-state index in [1.54, 1.807) is 30.5 Å². The van der Waals surface area contributed by atoms with Crippen LogP contribution in [0.4, 0.5) is 21.7 Å². The Labute approximate surface area is 174 Å². The Morgan fingerprint density at radius 3 is 2.67 bits per heavy atom. The first-order valence-corrected chi connectivity index (χ1v) is 9.94. The molecular weight excluding hydrogens is 383 g/mol. The van der Waals surface area contributed by atoms with Crippen LogP contribution in [0.1, 0.15) is 24.5 Å². The predicted octanol–water partition coefficient (Wildman–Crippen LogP) is 3.57. The first-order valence-electron chi connectivity index (χ1n) is 9.94. The van der Waals surface area contributed by atoms with Crippen molar-refractivity contribution in [2.24, 2.45) is 0 Å². The number of likely N-dealkylation sites (tertiary alicyclic amines) is 1. The standard InChI is InChI=1S/C22H23FN6O/c23-17-4-1-2-5-19(17)27-22(30)14-29-12-9-16(10-13-29)18-6-3-7-21(26-18)28-20-8-11-24-15-25-20/h1-8,11,15-16H,9-10,12-14H2,(H,27,30)(H,24,25,26,28). The number of para-hydroxylation sites is 1. The van der Waals surface area contributed by atoms with Gasteiger partial charge in [-0.3, -0.25) is 9.69 Å². The van der Waals surface area contributed by atoms with E-state index in [1.807, 2.05) is 18.2 Å². The second-order valence-corrected chi connectivity index (χ2v) is 7.25. The molecule has 2 aromatic heterocycles. The lowest BCUT2D eigenvalue weighted by atomic mass is 9.93. The number of nitrogens with one attached hydrogen (secondary N) is 2. The summed E-state index contributed by atoms with van der Waals surface area (Å²) in [5, 5.41) is 5.83. The van der Waals surface area contributed by atoms with Crippen LogP contribution in [0.5, 0.6) is 0 Å². The summed E-state index contributed by atoms with van der Waals surface area (Å²) >= 11 is 0. The Morgan fingerprint density at radius 1 is 1.07 bits per heavy atom. The van der Waals surface area contributed by atoms with Crippen molar-refractivity contribution in [1.29, 1.82) is 0 Å². The molecule has 4 rings (SSSR count). The Bertz CT molecular complexity index is 992. The maximum absolute atomic E-state index is 13.7. The summed E-state index contributed by atoms with van der Waals surface area (Å²) in [6.45, 7) is 1.84. The summed E-state index contributed by atoms with van der Waals surface area (Å²) < 4.78 is 13.7. The van der Waals surface area contributed by atoms with Crippen LogP contribution in [-0.4, -0.2) is 45.4 Å². The molecule has 0 atom stereocenters. The average molecular weight is 406 g/mol. The highest BCUT2D eigenvalue weighted by molar-refractivity contribution is 5.92. The fraction of sp³-hybridized carbons (Fsp3) is 0.273. The highest BCUT2D eigenvalue weighted by Crippen LogP contribution is 2.28. The lowest BCUT2D eigenvalue weighted by Crippen LogP contribution is -2.39. The van der Waals surface area contributed by atoms with Gasteiger partial charge in [-0.05, 0) is 56.3 Å². The number of nitrogens with zero attached hydrogens (tertiary/aromatic N) is 4. The largest absolute Gasteiger partial charge is 0.325 e. The average Bonchev–Trinajstić information content (AvgIpc) is 2.77. The molecule has 0 spiro atoms. The van der Waals surface area contributed by atoms with E-state index >= 15 is 0 Å². The SMILES string of the molecule is O=C(CN1CCC(c2cccc(Nc3ccncn3)n2)CC1)Nc1ccccc1F. The van der Waals surface area contributed by atoms with Crippen LogP contribution in [0.25, 0.3) is 0 Å². The fourth-order valence-electron chi connectivity index (χ4n) is 3.59. The van der Waals surface area contributed by atoms with Gasteiger partial charge in [0.2, 0.25) is 5.91 Å². The molecule has 1 fully saturated rings. The third kappa shape index (κ3) is 5.15. The van der Waals surface area contributed by atoms with Crippen molar-refractivity contribution in [2.45, 2.75) is 18.8 Å². The Balaban J connectivity index is 1.30. The second-order valence-electron chi connectivity index (χ2n) is 7.25. The summed E-state index contributed by atoms with van der Waals surface area (Å²) in [7, 11) is 0. The first kappa shape index (κ1) is 19.9. The Morgan fingerprint density at radius 2 is 1.90 bits per heavy atom. The van der Waals surface area contributed by atoms with Gasteiger partial charge in [-0.15, -0.1) is 0 Å². The molecule has 154 valence electrons. The molecule has 3 aromatic rings. The number of rotatable bonds is 6. The Hall–Kier alpha value is -3.39. The summed E-state index contributed by atoms with van der Waals surface area (Å²) in [6, 6.07) is 13.9. The number of piperidine rings is 1. The summed E-state index contributed by atoms with van der Waals surface area (Å²) in [4.78, 5) is 27.1. The number of pyridine rings is 1. The molecule has 1 aliphatic heterocycles. The minimum Gasteiger partial charge on any atom is -0.325 e. The third-order valence-corrected chi connectivity index (χ3v) is 5.13. The van der Waals surface area contributed by atoms with E-state index in [0.29, 0.717) is 11.7 Å². The highest BCUT2D eigenvalue weighted by atomic mass is 19.1. The maximum atomic E-state index is 13.7. The van der Waals surface area contributed by atoms with Crippen LogP contribution >= 0.6 is 0 Å². The van der Waals surface area contributed by atoms with E-state index < -0.39 is 5.82 Å². The van der Waals surface area contributed by atoms with Crippen LogP contribution in [0.3, 0.4) is 0 Å². The van der Waals surface area contributed by atoms with Crippen molar-refractivity contribution >= 4 is 23.2 Å². The van der Waals surface area contributed by atoms with Crippen molar-refractivity contribution < 1.29 is 9.18 Å². The first-order chi connectivity index (χ1) is 14.7. The van der Waals surface area contributed by atoms with Gasteiger partial charge in [0.05, 0.1) is 12.2 Å². The monoisotopic (exact) mass is 406 g/mol. The van der Waals surface area contributed by atoms with Crippen LogP contribution in [0.15, 0.2) is 61.1 Å². The van der Waals surface area contributed by atoms with Crippen LogP contribution in [0.2, 0.25) is 0 Å². The molecule has 0 bridgehead atoms. The maximum Gasteiger partial charge on any atom is 0.238 e. The zero-order valence-corrected chi connectivity index (χ0v) is 16.5. The number of carbonyl (C=O) groups is 1. The second kappa shape index (κ2) is 9.41. The minimum atomic E-state index is -0.425. The van der Waals surface area contributed by atoms with Crippen LogP contribution in [-0.2, 0) is 4.79 Å². The molecule has 1 amide bonds. The number of benzene rings is 1. The van der Waals surface area contributed by atoms with Crippen molar-refractivity contribution in [2.75, 3.05) is 30.3 Å². The molecule has 1 aliphatic rings. The van der Waals surface area contributed by atoms with Crippen LogP contribution in [0, 0.1) is 5.82 Å². The number of hydrogen-bond acceptors (Lipinski definition) is 6. The summed E-state index contributed by atoms with van der Waals surface area (Å²) in [5.41, 5.74) is 1.25. The van der Waals surface area contributed by atoms with Gasteiger partial charge in [-0.25, -0.2) is 19.3 Å². The molecular formula is C22H23FN6O. The van der Waals surface area contributed by atoms with Gasteiger partial charge in [0, 0.05) is 17.8 Å². The van der Waals surface area contributed by atoms with Crippen molar-refractivity contribution in [1.82, 2.24) is 19.9 Å². The van der Waals surface area contributed by atoms with Gasteiger partial charge in [0.25, 0.3) is 0 Å². The van der Waals surface area contributed by atoms with Gasteiger partial charge < -0.3 is 10.6 Å². The van der Waals surface area contributed by atoms with Crippen molar-refractivity contribution in [3.05, 3.63) is 72.6 Å². The summed E-state index contributed by atoms with van der Waals surface area (Å²) in [5.74, 6) is 1.16. The van der Waals surface area contributed by atoms with Gasteiger partial charge >= 0.3 is 0 Å². The fourth-order valence-corrected chi connectivity index (χ4v) is 3.59.